The summed E-state index contributed by atoms with van der Waals surface area (Å²) in [7, 11) is 0. The molecule has 216 valence electrons. The van der Waals surface area contributed by atoms with Crippen LogP contribution < -0.4 is 5.32 Å². The molecule has 0 rings (SSSR count). The molecule has 0 aromatic rings. The molecule has 0 aliphatic heterocycles. The normalized spacial score (nSPS) is 12.1. The first-order valence-corrected chi connectivity index (χ1v) is 15.3. The number of carboxylic acids is 1. The molecule has 0 aromatic carbocycles. The van der Waals surface area contributed by atoms with Crippen LogP contribution in [0.15, 0.2) is 12.2 Å². The molecule has 37 heavy (non-hydrogen) atoms. The number of unbranched alkanes of at least 4 members (excludes halogenated alkanes) is 14. The lowest BCUT2D eigenvalue weighted by Crippen LogP contribution is -2.28. The van der Waals surface area contributed by atoms with Crippen LogP contribution in [0.3, 0.4) is 0 Å². The van der Waals surface area contributed by atoms with Gasteiger partial charge in [0.05, 0.1) is 0 Å². The van der Waals surface area contributed by atoms with Gasteiger partial charge in [-0.05, 0) is 57.8 Å². The highest BCUT2D eigenvalue weighted by Crippen LogP contribution is 2.18. The quantitative estimate of drug-likeness (QED) is 0.0642. The van der Waals surface area contributed by atoms with Crippen LogP contribution in [-0.2, 0) is 19.1 Å². The predicted octanol–water partition coefficient (Wildman–Crippen LogP) is 8.28. The maximum Gasteiger partial charge on any atom is 0.322 e. The molecule has 0 aliphatic rings. The van der Waals surface area contributed by atoms with Crippen molar-refractivity contribution in [3.05, 3.63) is 12.2 Å². The fourth-order valence-corrected chi connectivity index (χ4v) is 4.40. The van der Waals surface area contributed by atoms with Gasteiger partial charge in [-0.15, -0.1) is 0 Å². The van der Waals surface area contributed by atoms with Crippen molar-refractivity contribution in [3.63, 3.8) is 0 Å². The van der Waals surface area contributed by atoms with Gasteiger partial charge in [0, 0.05) is 12.8 Å². The van der Waals surface area contributed by atoms with Crippen molar-refractivity contribution in [2.24, 2.45) is 0 Å². The minimum Gasteiger partial charge on any atom is -0.480 e. The van der Waals surface area contributed by atoms with Crippen LogP contribution in [0.25, 0.3) is 0 Å². The molecule has 6 heteroatoms. The van der Waals surface area contributed by atoms with Gasteiger partial charge in [-0.1, -0.05) is 96.6 Å². The molecule has 0 bridgehead atoms. The summed E-state index contributed by atoms with van der Waals surface area (Å²) in [6, 6.07) is 0. The number of carbonyl (C=O) groups is 3. The van der Waals surface area contributed by atoms with E-state index in [0.717, 1.165) is 57.8 Å². The number of nitrogens with one attached hydrogen (secondary N) is 1. The second kappa shape index (κ2) is 27.2. The van der Waals surface area contributed by atoms with E-state index in [9.17, 15) is 14.4 Å². The number of amides is 1. The van der Waals surface area contributed by atoms with Crippen molar-refractivity contribution in [3.8, 4) is 0 Å². The lowest BCUT2D eigenvalue weighted by Gasteiger charge is -2.18. The third-order valence-corrected chi connectivity index (χ3v) is 6.67. The number of rotatable bonds is 27. The average molecular weight is 524 g/mol. The van der Waals surface area contributed by atoms with Gasteiger partial charge in [-0.25, -0.2) is 0 Å². The van der Waals surface area contributed by atoms with E-state index in [2.05, 4.69) is 31.3 Å². The molecule has 0 aliphatic carbocycles. The lowest BCUT2D eigenvalue weighted by molar-refractivity contribution is -0.150. The highest BCUT2D eigenvalue weighted by molar-refractivity contribution is 5.80. The van der Waals surface area contributed by atoms with E-state index >= 15 is 0 Å². The van der Waals surface area contributed by atoms with E-state index in [1.54, 1.807) is 0 Å². The molecule has 2 N–H and O–H groups in total. The van der Waals surface area contributed by atoms with Crippen molar-refractivity contribution in [1.82, 2.24) is 5.32 Å². The maximum atomic E-state index is 12.5. The van der Waals surface area contributed by atoms with Gasteiger partial charge in [-0.2, -0.15) is 0 Å². The van der Waals surface area contributed by atoms with Gasteiger partial charge in [0.15, 0.2) is 0 Å². The van der Waals surface area contributed by atoms with Crippen molar-refractivity contribution in [2.75, 3.05) is 6.54 Å². The summed E-state index contributed by atoms with van der Waals surface area (Å²) in [5.74, 6) is -1.28. The van der Waals surface area contributed by atoms with E-state index in [1.165, 1.54) is 70.6 Å². The van der Waals surface area contributed by atoms with Crippen LogP contribution in [0.2, 0.25) is 0 Å². The van der Waals surface area contributed by atoms with Gasteiger partial charge in [0.2, 0.25) is 5.91 Å². The predicted molar refractivity (Wildman–Crippen MR) is 153 cm³/mol. The van der Waals surface area contributed by atoms with E-state index in [1.807, 2.05) is 0 Å². The molecule has 0 saturated heterocycles. The average Bonchev–Trinajstić information content (AvgIpc) is 2.87. The Morgan fingerprint density at radius 2 is 1.22 bits per heavy atom. The second-order valence-electron chi connectivity index (χ2n) is 10.4. The number of esters is 1. The standard InChI is InChI=1S/C31H57NO5/c1-3-5-7-9-11-12-13-14-16-22-26-31(36)37-28(23-19-15-10-8-6-4-2)24-20-17-18-21-25-29(33)32-27-30(34)35/h7,9,28H,3-6,8,10-27H2,1-2H3,(H,32,33)(H,34,35)/b9-7-. The summed E-state index contributed by atoms with van der Waals surface area (Å²) < 4.78 is 5.89. The minimum atomic E-state index is -1.02. The van der Waals surface area contributed by atoms with Gasteiger partial charge >= 0.3 is 11.9 Å². The Bertz CT molecular complexity index is 590. The zero-order chi connectivity index (χ0) is 27.4. The van der Waals surface area contributed by atoms with E-state index in [0.29, 0.717) is 12.8 Å². The second-order valence-corrected chi connectivity index (χ2v) is 10.4. The highest BCUT2D eigenvalue weighted by Gasteiger charge is 2.14. The summed E-state index contributed by atoms with van der Waals surface area (Å²) in [6.45, 7) is 4.11. The molecule has 0 fully saturated rings. The molecule has 0 spiro atoms. The number of hydrogen-bond acceptors (Lipinski definition) is 4. The van der Waals surface area contributed by atoms with Crippen LogP contribution in [0.5, 0.6) is 0 Å². The SMILES string of the molecule is CCC/C=C\CCCCCCCC(=O)OC(CCCCCCCC)CCCCCCC(=O)NCC(=O)O. The first-order chi connectivity index (χ1) is 18.0. The zero-order valence-corrected chi connectivity index (χ0v) is 24.1. The summed E-state index contributed by atoms with van der Waals surface area (Å²) in [6.07, 6.45) is 27.6. The largest absolute Gasteiger partial charge is 0.480 e. The van der Waals surface area contributed by atoms with Crippen LogP contribution in [0.1, 0.15) is 155 Å². The number of aliphatic carboxylic acids is 1. The Kier molecular flexibility index (Phi) is 25.8. The number of ether oxygens (including phenoxy) is 1. The Balaban J connectivity index is 4.11. The van der Waals surface area contributed by atoms with Gasteiger partial charge in [-0.3, -0.25) is 14.4 Å². The Labute approximate surface area is 227 Å². The maximum absolute atomic E-state index is 12.5. The van der Waals surface area contributed by atoms with Crippen molar-refractivity contribution in [2.45, 2.75) is 161 Å². The monoisotopic (exact) mass is 523 g/mol. The molecular formula is C31H57NO5. The molecule has 0 aromatic heterocycles. The van der Waals surface area contributed by atoms with Gasteiger partial charge < -0.3 is 15.2 Å². The van der Waals surface area contributed by atoms with E-state index in [-0.39, 0.29) is 24.5 Å². The minimum absolute atomic E-state index is 0.00690. The molecule has 1 amide bonds. The fourth-order valence-electron chi connectivity index (χ4n) is 4.40. The Hall–Kier alpha value is -1.85. The van der Waals surface area contributed by atoms with Crippen LogP contribution in [0.4, 0.5) is 0 Å². The molecular weight excluding hydrogens is 466 g/mol. The molecule has 1 unspecified atom stereocenters. The molecule has 0 radical (unpaired) electrons. The lowest BCUT2D eigenvalue weighted by atomic mass is 10.0. The Morgan fingerprint density at radius 1 is 0.676 bits per heavy atom. The van der Waals surface area contributed by atoms with Crippen molar-refractivity contribution >= 4 is 17.8 Å². The van der Waals surface area contributed by atoms with Gasteiger partial charge in [0.1, 0.15) is 12.6 Å². The molecule has 1 atom stereocenters. The van der Waals surface area contributed by atoms with E-state index < -0.39 is 5.97 Å². The molecule has 0 saturated carbocycles. The fraction of sp³-hybridized carbons (Fsp3) is 0.839. The van der Waals surface area contributed by atoms with Crippen LogP contribution in [0, 0.1) is 0 Å². The third-order valence-electron chi connectivity index (χ3n) is 6.67. The highest BCUT2D eigenvalue weighted by atomic mass is 16.5. The summed E-state index contributed by atoms with van der Waals surface area (Å²) in [5.41, 5.74) is 0. The molecule has 0 heterocycles. The number of carboxylic acid groups (broad SMARTS) is 1. The summed E-state index contributed by atoms with van der Waals surface area (Å²) in [5, 5.41) is 11.0. The topological polar surface area (TPSA) is 92.7 Å². The number of carbonyl (C=O) groups excluding carboxylic acids is 2. The number of allylic oxidation sites excluding steroid dienone is 2. The van der Waals surface area contributed by atoms with Crippen LogP contribution >= 0.6 is 0 Å². The zero-order valence-electron chi connectivity index (χ0n) is 24.1. The van der Waals surface area contributed by atoms with E-state index in [4.69, 9.17) is 9.84 Å². The first kappa shape index (κ1) is 35.2. The van der Waals surface area contributed by atoms with Crippen molar-refractivity contribution in [1.29, 1.82) is 0 Å². The molecule has 6 nitrogen and oxygen atoms in total. The third kappa shape index (κ3) is 27.0. The van der Waals surface area contributed by atoms with Crippen LogP contribution in [-0.4, -0.2) is 35.6 Å². The van der Waals surface area contributed by atoms with Gasteiger partial charge in [0.25, 0.3) is 0 Å². The summed E-state index contributed by atoms with van der Waals surface area (Å²) in [4.78, 5) is 34.6. The van der Waals surface area contributed by atoms with Crippen molar-refractivity contribution < 1.29 is 24.2 Å². The smallest absolute Gasteiger partial charge is 0.322 e. The number of hydrogen-bond donors (Lipinski definition) is 2. The first-order valence-electron chi connectivity index (χ1n) is 15.3. The summed E-state index contributed by atoms with van der Waals surface area (Å²) >= 11 is 0. The Morgan fingerprint density at radius 3 is 1.84 bits per heavy atom.